The van der Waals surface area contributed by atoms with Crippen LogP contribution in [0.25, 0.3) is 0 Å². The number of ether oxygens (including phenoxy) is 3. The zero-order chi connectivity index (χ0) is 35.0. The van der Waals surface area contributed by atoms with Gasteiger partial charge in [-0.15, -0.1) is 0 Å². The molecule has 0 aliphatic carbocycles. The van der Waals surface area contributed by atoms with E-state index < -0.39 is 6.10 Å². The first-order valence-electron chi connectivity index (χ1n) is 20.5. The highest BCUT2D eigenvalue weighted by Crippen LogP contribution is 2.12. The predicted octanol–water partition coefficient (Wildman–Crippen LogP) is 13.1. The summed E-state index contributed by atoms with van der Waals surface area (Å²) in [4.78, 5) is 24.9. The van der Waals surface area contributed by atoms with Crippen LogP contribution in [0.2, 0.25) is 0 Å². The fourth-order valence-electron chi connectivity index (χ4n) is 5.52. The lowest BCUT2D eigenvalue weighted by Crippen LogP contribution is -2.30. The van der Waals surface area contributed by atoms with Gasteiger partial charge >= 0.3 is 11.9 Å². The van der Waals surface area contributed by atoms with Gasteiger partial charge in [-0.1, -0.05) is 154 Å². The highest BCUT2D eigenvalue weighted by Gasteiger charge is 2.17. The average Bonchev–Trinajstić information content (AvgIpc) is 3.08. The molecule has 0 aliphatic heterocycles. The van der Waals surface area contributed by atoms with Crippen LogP contribution in [0.1, 0.15) is 201 Å². The Morgan fingerprint density at radius 1 is 0.458 bits per heavy atom. The number of carbonyl (C=O) groups excluding carboxylic acids is 2. The van der Waals surface area contributed by atoms with Gasteiger partial charge in [-0.2, -0.15) is 0 Å². The van der Waals surface area contributed by atoms with Crippen LogP contribution in [-0.2, 0) is 23.8 Å². The first kappa shape index (κ1) is 46.1. The topological polar surface area (TPSA) is 61.8 Å². The minimum Gasteiger partial charge on any atom is -0.462 e. The van der Waals surface area contributed by atoms with Gasteiger partial charge < -0.3 is 14.2 Å². The third-order valence-electron chi connectivity index (χ3n) is 8.65. The molecule has 280 valence electrons. The molecule has 0 aromatic heterocycles. The summed E-state index contributed by atoms with van der Waals surface area (Å²) in [6.07, 6.45) is 44.5. The maximum Gasteiger partial charge on any atom is 0.306 e. The van der Waals surface area contributed by atoms with Gasteiger partial charge in [-0.3, -0.25) is 9.59 Å². The Morgan fingerprint density at radius 2 is 0.896 bits per heavy atom. The van der Waals surface area contributed by atoms with Crippen LogP contribution in [0.5, 0.6) is 0 Å². The normalized spacial score (nSPS) is 12.5. The van der Waals surface area contributed by atoms with Crippen molar-refractivity contribution >= 4 is 11.9 Å². The van der Waals surface area contributed by atoms with E-state index in [1.54, 1.807) is 0 Å². The molecular formula is C43H78O5. The second-order valence-corrected chi connectivity index (χ2v) is 13.5. The molecule has 0 rings (SSSR count). The van der Waals surface area contributed by atoms with Crippen LogP contribution >= 0.6 is 0 Å². The molecule has 0 spiro atoms. The number of unbranched alkanes of at least 4 members (excludes halogenated alkanes) is 20. The average molecular weight is 675 g/mol. The van der Waals surface area contributed by atoms with Gasteiger partial charge in [0.05, 0.1) is 6.61 Å². The Balaban J connectivity index is 4.11. The molecule has 0 fully saturated rings. The van der Waals surface area contributed by atoms with Crippen molar-refractivity contribution in [3.05, 3.63) is 36.5 Å². The Hall–Kier alpha value is -1.88. The fraction of sp³-hybridized carbons (Fsp3) is 0.814. The zero-order valence-corrected chi connectivity index (χ0v) is 32.0. The van der Waals surface area contributed by atoms with Gasteiger partial charge in [-0.05, 0) is 70.6 Å². The summed E-state index contributed by atoms with van der Waals surface area (Å²) in [7, 11) is 0. The van der Waals surface area contributed by atoms with Gasteiger partial charge in [0, 0.05) is 19.4 Å². The van der Waals surface area contributed by atoms with E-state index in [0.717, 1.165) is 64.2 Å². The molecule has 0 N–H and O–H groups in total. The molecular weight excluding hydrogens is 596 g/mol. The molecule has 0 aromatic carbocycles. The molecule has 0 saturated carbocycles. The van der Waals surface area contributed by atoms with Gasteiger partial charge in [0.1, 0.15) is 6.61 Å². The number of esters is 2. The molecule has 1 atom stereocenters. The van der Waals surface area contributed by atoms with Crippen LogP contribution in [-0.4, -0.2) is 37.9 Å². The minimum absolute atomic E-state index is 0.0778. The largest absolute Gasteiger partial charge is 0.462 e. The summed E-state index contributed by atoms with van der Waals surface area (Å²) in [5.41, 5.74) is 0. The summed E-state index contributed by atoms with van der Waals surface area (Å²) >= 11 is 0. The van der Waals surface area contributed by atoms with Crippen LogP contribution in [0.15, 0.2) is 36.5 Å². The third-order valence-corrected chi connectivity index (χ3v) is 8.65. The quantitative estimate of drug-likeness (QED) is 0.0373. The SMILES string of the molecule is CCCC/C=C\CCCCCCCC(=O)OCC(COCCCCCCCC/C=C\C/C=C\CCCCC)OC(=O)CCCCCCC. The van der Waals surface area contributed by atoms with Crippen LogP contribution < -0.4 is 0 Å². The second kappa shape index (κ2) is 39.6. The summed E-state index contributed by atoms with van der Waals surface area (Å²) in [6.45, 7) is 7.66. The molecule has 0 saturated heterocycles. The number of allylic oxidation sites excluding steroid dienone is 6. The smallest absolute Gasteiger partial charge is 0.306 e. The van der Waals surface area contributed by atoms with Crippen molar-refractivity contribution in [2.45, 2.75) is 207 Å². The number of carbonyl (C=O) groups is 2. The second-order valence-electron chi connectivity index (χ2n) is 13.5. The molecule has 0 amide bonds. The Bertz CT molecular complexity index is 771. The molecule has 0 aromatic rings. The van der Waals surface area contributed by atoms with Crippen molar-refractivity contribution in [1.82, 2.24) is 0 Å². The predicted molar refractivity (Wildman–Crippen MR) is 205 cm³/mol. The Kier molecular flexibility index (Phi) is 38.0. The highest BCUT2D eigenvalue weighted by molar-refractivity contribution is 5.70. The van der Waals surface area contributed by atoms with Crippen molar-refractivity contribution in [2.75, 3.05) is 19.8 Å². The maximum absolute atomic E-state index is 12.5. The molecule has 0 bridgehead atoms. The van der Waals surface area contributed by atoms with Gasteiger partial charge in [0.25, 0.3) is 0 Å². The molecule has 0 heterocycles. The van der Waals surface area contributed by atoms with E-state index in [0.29, 0.717) is 19.4 Å². The van der Waals surface area contributed by atoms with E-state index >= 15 is 0 Å². The van der Waals surface area contributed by atoms with Crippen molar-refractivity contribution in [3.8, 4) is 0 Å². The van der Waals surface area contributed by atoms with Crippen LogP contribution in [0.4, 0.5) is 0 Å². The lowest BCUT2D eigenvalue weighted by molar-refractivity contribution is -0.163. The summed E-state index contributed by atoms with van der Waals surface area (Å²) in [5, 5.41) is 0. The first-order valence-corrected chi connectivity index (χ1v) is 20.5. The first-order chi connectivity index (χ1) is 23.6. The van der Waals surface area contributed by atoms with Crippen molar-refractivity contribution < 1.29 is 23.8 Å². The standard InChI is InChI=1S/C43H78O5/c1-4-7-10-13-15-17-19-20-21-22-23-25-27-29-32-35-38-46-39-41(48-43(45)37-34-30-12-9-6-3)40-47-42(44)36-33-31-28-26-24-18-16-14-11-8-5-2/h14-17,20-21,41H,4-13,18-19,22-40H2,1-3H3/b16-14-,17-15-,21-20-. The molecule has 5 nitrogen and oxygen atoms in total. The van der Waals surface area contributed by atoms with E-state index in [1.807, 2.05) is 0 Å². The molecule has 0 radical (unpaired) electrons. The molecule has 48 heavy (non-hydrogen) atoms. The lowest BCUT2D eigenvalue weighted by atomic mass is 10.1. The number of hydrogen-bond acceptors (Lipinski definition) is 5. The molecule has 5 heteroatoms. The van der Waals surface area contributed by atoms with Gasteiger partial charge in [0.2, 0.25) is 0 Å². The summed E-state index contributed by atoms with van der Waals surface area (Å²) in [6, 6.07) is 0. The third kappa shape index (κ3) is 36.9. The highest BCUT2D eigenvalue weighted by atomic mass is 16.6. The minimum atomic E-state index is -0.535. The number of rotatable bonds is 37. The lowest BCUT2D eigenvalue weighted by Gasteiger charge is -2.18. The number of hydrogen-bond donors (Lipinski definition) is 0. The summed E-state index contributed by atoms with van der Waals surface area (Å²) in [5.74, 6) is -0.426. The van der Waals surface area contributed by atoms with E-state index in [4.69, 9.17) is 14.2 Å². The van der Waals surface area contributed by atoms with E-state index in [9.17, 15) is 9.59 Å². The van der Waals surface area contributed by atoms with E-state index in [-0.39, 0.29) is 25.2 Å². The van der Waals surface area contributed by atoms with Crippen molar-refractivity contribution in [3.63, 3.8) is 0 Å². The molecule has 0 aliphatic rings. The Morgan fingerprint density at radius 3 is 1.50 bits per heavy atom. The van der Waals surface area contributed by atoms with E-state index in [1.165, 1.54) is 103 Å². The maximum atomic E-state index is 12.5. The molecule has 1 unspecified atom stereocenters. The zero-order valence-electron chi connectivity index (χ0n) is 32.0. The van der Waals surface area contributed by atoms with Crippen molar-refractivity contribution in [1.29, 1.82) is 0 Å². The van der Waals surface area contributed by atoms with Crippen molar-refractivity contribution in [2.24, 2.45) is 0 Å². The van der Waals surface area contributed by atoms with Crippen LogP contribution in [0, 0.1) is 0 Å². The van der Waals surface area contributed by atoms with E-state index in [2.05, 4.69) is 57.2 Å². The van der Waals surface area contributed by atoms with Crippen LogP contribution in [0.3, 0.4) is 0 Å². The van der Waals surface area contributed by atoms with Gasteiger partial charge in [-0.25, -0.2) is 0 Å². The monoisotopic (exact) mass is 675 g/mol. The van der Waals surface area contributed by atoms with Gasteiger partial charge in [0.15, 0.2) is 6.10 Å². The fourth-order valence-corrected chi connectivity index (χ4v) is 5.52. The summed E-state index contributed by atoms with van der Waals surface area (Å²) < 4.78 is 17.1. The Labute approximate surface area is 298 Å².